The zero-order valence-electron chi connectivity index (χ0n) is 7.58. The zero-order valence-corrected chi connectivity index (χ0v) is 11.5. The molecule has 1 rings (SSSR count). The van der Waals surface area contributed by atoms with Gasteiger partial charge in [-0.15, -0.1) is 0 Å². The molecule has 0 N–H and O–H groups in total. The van der Waals surface area contributed by atoms with E-state index in [0.717, 1.165) is 12.1 Å². The van der Waals surface area contributed by atoms with Crippen molar-refractivity contribution in [3.05, 3.63) is 33.3 Å². The minimum atomic E-state index is -5.41. The number of hydrogen-bond acceptors (Lipinski definition) is 2. The third kappa shape index (κ3) is 4.04. The number of nitrogens with zero attached hydrogens (tertiary/aromatic N) is 1. The van der Waals surface area contributed by atoms with Gasteiger partial charge in [0.05, 0.1) is 4.92 Å². The Bertz CT molecular complexity index is 387. The van der Waals surface area contributed by atoms with Gasteiger partial charge < -0.3 is 12.9 Å². The number of rotatable bonds is 2. The molecular weight excluding hydrogens is 260 g/mol. The molecule has 76 valence electrons. The second kappa shape index (κ2) is 5.65. The van der Waals surface area contributed by atoms with Crippen molar-refractivity contribution >= 4 is 29.7 Å². The van der Waals surface area contributed by atoms with Crippen LogP contribution in [-0.2, 0) is 0 Å². The van der Waals surface area contributed by atoms with Crippen LogP contribution in [-0.4, -0.2) is 11.9 Å². The summed E-state index contributed by atoms with van der Waals surface area (Å²) in [6, 6.07) is 2.34. The maximum absolute atomic E-state index is 12.3. The van der Waals surface area contributed by atoms with Gasteiger partial charge in [-0.1, -0.05) is 17.7 Å². The van der Waals surface area contributed by atoms with Crippen LogP contribution in [0.4, 0.5) is 18.6 Å². The second-order valence-electron chi connectivity index (χ2n) is 2.54. The summed E-state index contributed by atoms with van der Waals surface area (Å²) in [7, 11) is 0. The molecule has 0 heterocycles. The van der Waals surface area contributed by atoms with Crippen molar-refractivity contribution < 1.29 is 69.3 Å². The monoisotopic (exact) mass is 263 g/mol. The maximum Gasteiger partial charge on any atom is 1.00 e. The minimum absolute atomic E-state index is 0. The van der Waals surface area contributed by atoms with Crippen molar-refractivity contribution in [3.8, 4) is 0 Å². The van der Waals surface area contributed by atoms with Gasteiger partial charge in [0.25, 0.3) is 0 Å². The van der Waals surface area contributed by atoms with Gasteiger partial charge in [-0.25, -0.2) is 0 Å². The molecular formula is C6H3BClF3KNO2. The quantitative estimate of drug-likeness (QED) is 0.403. The summed E-state index contributed by atoms with van der Waals surface area (Å²) in [4.78, 5) is 9.17. The normalized spacial score (nSPS) is 10.7. The summed E-state index contributed by atoms with van der Waals surface area (Å²) in [6.45, 7) is -5.41. The Labute approximate surface area is 131 Å². The van der Waals surface area contributed by atoms with Crippen molar-refractivity contribution in [2.24, 2.45) is 0 Å². The molecule has 0 aromatic heterocycles. The summed E-state index contributed by atoms with van der Waals surface area (Å²) in [5, 5.41) is 10.1. The standard InChI is InChI=1S/C6H3BClF3NO2.K/c8-4-1-2-6(12(13)14)5(3-4)7(9,10)11;/h1-3H;/q-1;+1. The van der Waals surface area contributed by atoms with Crippen LogP contribution in [0.3, 0.4) is 0 Å². The van der Waals surface area contributed by atoms with Crippen LogP contribution >= 0.6 is 11.6 Å². The van der Waals surface area contributed by atoms with Crippen molar-refractivity contribution in [3.63, 3.8) is 0 Å². The third-order valence-electron chi connectivity index (χ3n) is 1.54. The predicted molar refractivity (Wildman–Crippen MR) is 46.8 cm³/mol. The Hall–Kier alpha value is 0.401. The average Bonchev–Trinajstić information content (AvgIpc) is 2.01. The molecule has 0 saturated carbocycles. The molecule has 0 bridgehead atoms. The molecule has 0 aliphatic heterocycles. The summed E-state index contributed by atoms with van der Waals surface area (Å²) in [5.41, 5.74) is -2.25. The average molecular weight is 263 g/mol. The maximum atomic E-state index is 12.3. The number of nitro benzene ring substituents is 1. The Morgan fingerprint density at radius 3 is 2.27 bits per heavy atom. The van der Waals surface area contributed by atoms with E-state index >= 15 is 0 Å². The van der Waals surface area contributed by atoms with Gasteiger partial charge in [0, 0.05) is 11.1 Å². The first kappa shape index (κ1) is 15.4. The first-order valence-corrected chi connectivity index (χ1v) is 3.84. The summed E-state index contributed by atoms with van der Waals surface area (Å²) < 4.78 is 36.9. The smallest absolute Gasteiger partial charge is 0.445 e. The molecule has 0 aliphatic carbocycles. The summed E-state index contributed by atoms with van der Waals surface area (Å²) in [6.07, 6.45) is 0. The van der Waals surface area contributed by atoms with Gasteiger partial charge >= 0.3 is 58.4 Å². The SMILES string of the molecule is O=[N+]([O-])c1ccc(Cl)cc1[B-](F)(F)F.[K+]. The molecule has 0 spiro atoms. The molecule has 1 aromatic carbocycles. The Balaban J connectivity index is 0.00000196. The van der Waals surface area contributed by atoms with E-state index in [0.29, 0.717) is 6.07 Å². The van der Waals surface area contributed by atoms with Crippen molar-refractivity contribution in [2.45, 2.75) is 0 Å². The zero-order chi connectivity index (χ0) is 10.9. The van der Waals surface area contributed by atoms with E-state index in [1.807, 2.05) is 0 Å². The van der Waals surface area contributed by atoms with Gasteiger partial charge in [-0.2, -0.15) is 0 Å². The fourth-order valence-electron chi connectivity index (χ4n) is 0.954. The molecule has 15 heavy (non-hydrogen) atoms. The van der Waals surface area contributed by atoms with E-state index < -0.39 is 23.1 Å². The van der Waals surface area contributed by atoms with E-state index in [2.05, 4.69) is 0 Å². The molecule has 9 heteroatoms. The molecule has 1 aromatic rings. The first-order valence-electron chi connectivity index (χ1n) is 3.46. The van der Waals surface area contributed by atoms with Gasteiger partial charge in [0.1, 0.15) is 0 Å². The molecule has 0 saturated heterocycles. The van der Waals surface area contributed by atoms with Crippen LogP contribution in [0.5, 0.6) is 0 Å². The Morgan fingerprint density at radius 2 is 1.87 bits per heavy atom. The van der Waals surface area contributed by atoms with E-state index in [1.165, 1.54) is 0 Å². The number of halogens is 4. The second-order valence-corrected chi connectivity index (χ2v) is 2.97. The third-order valence-corrected chi connectivity index (χ3v) is 1.77. The number of hydrogen-bond donors (Lipinski definition) is 0. The van der Waals surface area contributed by atoms with E-state index in [9.17, 15) is 23.1 Å². The fraction of sp³-hybridized carbons (Fsp3) is 0. The minimum Gasteiger partial charge on any atom is -0.445 e. The fourth-order valence-corrected chi connectivity index (χ4v) is 1.13. The summed E-state index contributed by atoms with van der Waals surface area (Å²) in [5.74, 6) is 0. The molecule has 0 aliphatic rings. The molecule has 0 amide bonds. The topological polar surface area (TPSA) is 43.1 Å². The molecule has 0 fully saturated rings. The van der Waals surface area contributed by atoms with Crippen LogP contribution in [0, 0.1) is 10.1 Å². The van der Waals surface area contributed by atoms with Crippen LogP contribution in [0.2, 0.25) is 5.02 Å². The van der Waals surface area contributed by atoms with E-state index in [4.69, 9.17) is 11.6 Å². The first-order chi connectivity index (χ1) is 6.32. The molecule has 0 unspecified atom stereocenters. The van der Waals surface area contributed by atoms with Crippen molar-refractivity contribution in [1.82, 2.24) is 0 Å². The number of benzene rings is 1. The molecule has 0 radical (unpaired) electrons. The van der Waals surface area contributed by atoms with Crippen molar-refractivity contribution in [2.75, 3.05) is 0 Å². The van der Waals surface area contributed by atoms with Crippen LogP contribution in [0.15, 0.2) is 18.2 Å². The molecule has 3 nitrogen and oxygen atoms in total. The van der Waals surface area contributed by atoms with Crippen LogP contribution < -0.4 is 56.8 Å². The van der Waals surface area contributed by atoms with Crippen molar-refractivity contribution in [1.29, 1.82) is 0 Å². The summed E-state index contributed by atoms with van der Waals surface area (Å²) >= 11 is 5.31. The van der Waals surface area contributed by atoms with Gasteiger partial charge in [-0.05, 0) is 11.5 Å². The van der Waals surface area contributed by atoms with Crippen LogP contribution in [0.25, 0.3) is 0 Å². The number of nitro groups is 1. The predicted octanol–water partition coefficient (Wildman–Crippen LogP) is -0.693. The molecule has 0 atom stereocenters. The largest absolute Gasteiger partial charge is 1.00 e. The van der Waals surface area contributed by atoms with Gasteiger partial charge in [-0.3, -0.25) is 10.1 Å². The van der Waals surface area contributed by atoms with E-state index in [-0.39, 0.29) is 56.4 Å². The van der Waals surface area contributed by atoms with Gasteiger partial charge in [0.15, 0.2) is 0 Å². The Morgan fingerprint density at radius 1 is 1.33 bits per heavy atom. The van der Waals surface area contributed by atoms with Crippen LogP contribution in [0.1, 0.15) is 0 Å². The van der Waals surface area contributed by atoms with Gasteiger partial charge in [0.2, 0.25) is 5.69 Å². The Kier molecular flexibility index (Phi) is 5.80. The van der Waals surface area contributed by atoms with E-state index in [1.54, 1.807) is 0 Å².